The zero-order valence-corrected chi connectivity index (χ0v) is 16.9. The highest BCUT2D eigenvalue weighted by molar-refractivity contribution is 9.10. The lowest BCUT2D eigenvalue weighted by Gasteiger charge is -2.10. The van der Waals surface area contributed by atoms with Crippen LogP contribution in [0.15, 0.2) is 58.1 Å². The van der Waals surface area contributed by atoms with E-state index in [2.05, 4.69) is 38.6 Å². The summed E-state index contributed by atoms with van der Waals surface area (Å²) in [5, 5.41) is 4.03. The van der Waals surface area contributed by atoms with Crippen molar-refractivity contribution in [1.29, 1.82) is 0 Å². The van der Waals surface area contributed by atoms with E-state index in [1.807, 2.05) is 50.2 Å². The Morgan fingerprint density at radius 2 is 2.00 bits per heavy atom. The van der Waals surface area contributed by atoms with Crippen LogP contribution in [0, 0.1) is 0 Å². The average Bonchev–Trinajstić information content (AvgIpc) is 2.64. The lowest BCUT2D eigenvalue weighted by molar-refractivity contribution is -0.120. The van der Waals surface area contributed by atoms with Gasteiger partial charge in [-0.05, 0) is 59.1 Å². The van der Waals surface area contributed by atoms with Crippen molar-refractivity contribution in [2.24, 2.45) is 5.10 Å². The van der Waals surface area contributed by atoms with Crippen LogP contribution in [0.3, 0.4) is 0 Å². The van der Waals surface area contributed by atoms with E-state index < -0.39 is 0 Å². The van der Waals surface area contributed by atoms with Gasteiger partial charge < -0.3 is 4.74 Å². The molecule has 25 heavy (non-hydrogen) atoms. The molecule has 0 aromatic heterocycles. The maximum Gasteiger partial charge on any atom is 0.252 e. The van der Waals surface area contributed by atoms with Gasteiger partial charge in [0, 0.05) is 5.75 Å². The predicted molar refractivity (Wildman–Crippen MR) is 108 cm³/mol. The summed E-state index contributed by atoms with van der Waals surface area (Å²) in [6, 6.07) is 15.8. The molecule has 0 saturated heterocycles. The molecule has 6 heteroatoms. The van der Waals surface area contributed by atoms with Gasteiger partial charge in [-0.25, -0.2) is 5.43 Å². The molecule has 0 fully saturated rings. The first-order chi connectivity index (χ1) is 12.0. The van der Waals surface area contributed by atoms with Crippen LogP contribution >= 0.6 is 27.7 Å². The molecule has 0 aliphatic heterocycles. The zero-order chi connectivity index (χ0) is 18.2. The molecule has 132 valence electrons. The van der Waals surface area contributed by atoms with Gasteiger partial charge in [0.25, 0.3) is 5.91 Å². The molecule has 4 nitrogen and oxygen atoms in total. The van der Waals surface area contributed by atoms with Crippen LogP contribution < -0.4 is 10.2 Å². The summed E-state index contributed by atoms with van der Waals surface area (Å²) in [6.45, 7) is 3.74. The summed E-state index contributed by atoms with van der Waals surface area (Å²) >= 11 is 5.04. The number of nitrogens with zero attached hydrogens (tertiary/aromatic N) is 1. The molecule has 1 N–H and O–H groups in total. The highest BCUT2D eigenvalue weighted by Gasteiger charge is 2.13. The molecule has 0 aliphatic rings. The van der Waals surface area contributed by atoms with Gasteiger partial charge in [-0.15, -0.1) is 11.8 Å². The van der Waals surface area contributed by atoms with E-state index in [-0.39, 0.29) is 11.2 Å². The second-order valence-electron chi connectivity index (χ2n) is 5.46. The second kappa shape index (κ2) is 9.63. The first-order valence-electron chi connectivity index (χ1n) is 7.85. The van der Waals surface area contributed by atoms with Crippen molar-refractivity contribution in [2.45, 2.75) is 24.9 Å². The topological polar surface area (TPSA) is 50.7 Å². The van der Waals surface area contributed by atoms with Crippen LogP contribution in [0.2, 0.25) is 0 Å². The van der Waals surface area contributed by atoms with Gasteiger partial charge in [-0.1, -0.05) is 30.3 Å². The van der Waals surface area contributed by atoms with Crippen molar-refractivity contribution in [1.82, 2.24) is 5.43 Å². The molecule has 0 radical (unpaired) electrons. The van der Waals surface area contributed by atoms with Gasteiger partial charge in [-0.3, -0.25) is 4.79 Å². The Morgan fingerprint density at radius 1 is 1.28 bits per heavy atom. The molecule has 0 heterocycles. The van der Waals surface area contributed by atoms with E-state index in [1.165, 1.54) is 5.56 Å². The molecule has 2 aromatic carbocycles. The van der Waals surface area contributed by atoms with Gasteiger partial charge in [0.2, 0.25) is 0 Å². The SMILES string of the molecule is COc1ccc(/C(C)=N\NC(=O)[C@H](C)SCc2ccccc2)cc1Br. The van der Waals surface area contributed by atoms with Crippen LogP contribution in [0.1, 0.15) is 25.0 Å². The van der Waals surface area contributed by atoms with E-state index in [9.17, 15) is 4.79 Å². The van der Waals surface area contributed by atoms with Crippen LogP contribution in [-0.4, -0.2) is 24.0 Å². The van der Waals surface area contributed by atoms with Crippen LogP contribution in [-0.2, 0) is 10.5 Å². The first kappa shape index (κ1) is 19.5. The monoisotopic (exact) mass is 420 g/mol. The molecule has 1 amide bonds. The van der Waals surface area contributed by atoms with Crippen molar-refractivity contribution in [3.8, 4) is 5.75 Å². The van der Waals surface area contributed by atoms with Crippen molar-refractivity contribution < 1.29 is 9.53 Å². The Kier molecular flexibility index (Phi) is 7.52. The summed E-state index contributed by atoms with van der Waals surface area (Å²) in [6.07, 6.45) is 0. The smallest absolute Gasteiger partial charge is 0.252 e. The van der Waals surface area contributed by atoms with Gasteiger partial charge in [-0.2, -0.15) is 5.10 Å². The van der Waals surface area contributed by atoms with Crippen LogP contribution in [0.25, 0.3) is 0 Å². The number of thioether (sulfide) groups is 1. The second-order valence-corrected chi connectivity index (χ2v) is 7.64. The van der Waals surface area contributed by atoms with Gasteiger partial charge in [0.1, 0.15) is 5.75 Å². The quantitative estimate of drug-likeness (QED) is 0.524. The Morgan fingerprint density at radius 3 is 2.64 bits per heavy atom. The molecule has 0 bridgehead atoms. The minimum Gasteiger partial charge on any atom is -0.496 e. The maximum absolute atomic E-state index is 12.2. The number of carbonyl (C=O) groups is 1. The lowest BCUT2D eigenvalue weighted by atomic mass is 10.1. The van der Waals surface area contributed by atoms with Gasteiger partial charge >= 0.3 is 0 Å². The Bertz CT molecular complexity index is 750. The minimum absolute atomic E-state index is 0.104. The number of nitrogens with one attached hydrogen (secondary N) is 1. The maximum atomic E-state index is 12.2. The third-order valence-electron chi connectivity index (χ3n) is 3.62. The number of methoxy groups -OCH3 is 1. The summed E-state index contributed by atoms with van der Waals surface area (Å²) in [7, 11) is 1.62. The van der Waals surface area contributed by atoms with E-state index in [1.54, 1.807) is 18.9 Å². The summed E-state index contributed by atoms with van der Waals surface area (Å²) in [5.41, 5.74) is 5.50. The molecular formula is C19H21BrN2O2S. The fourth-order valence-corrected chi connectivity index (χ4v) is 3.44. The lowest BCUT2D eigenvalue weighted by Crippen LogP contribution is -2.27. The summed E-state index contributed by atoms with van der Waals surface area (Å²) in [4.78, 5) is 12.2. The molecule has 0 saturated carbocycles. The standard InChI is InChI=1S/C19H21BrN2O2S/c1-13(16-9-10-18(24-3)17(20)11-16)21-22-19(23)14(2)25-12-15-7-5-4-6-8-15/h4-11,14H,12H2,1-3H3,(H,22,23)/b21-13-/t14-/m0/s1. The van der Waals surface area contributed by atoms with Gasteiger partial charge in [0.05, 0.1) is 22.5 Å². The molecular weight excluding hydrogens is 400 g/mol. The van der Waals surface area contributed by atoms with Crippen molar-refractivity contribution in [3.63, 3.8) is 0 Å². The summed E-state index contributed by atoms with van der Waals surface area (Å²) in [5.74, 6) is 1.45. The third kappa shape index (κ3) is 5.90. The third-order valence-corrected chi connectivity index (χ3v) is 5.45. The molecule has 2 rings (SSSR count). The van der Waals surface area contributed by atoms with Crippen LogP contribution in [0.4, 0.5) is 0 Å². The highest BCUT2D eigenvalue weighted by Crippen LogP contribution is 2.25. The Balaban J connectivity index is 1.90. The van der Waals surface area contributed by atoms with Crippen LogP contribution in [0.5, 0.6) is 5.75 Å². The normalized spacial score (nSPS) is 12.6. The molecule has 0 aliphatic carbocycles. The molecule has 2 aromatic rings. The fraction of sp³-hybridized carbons (Fsp3) is 0.263. The number of carbonyl (C=O) groups excluding carboxylic acids is 1. The number of halogens is 1. The predicted octanol–water partition coefficient (Wildman–Crippen LogP) is 4.62. The number of ether oxygens (including phenoxy) is 1. The number of hydrogen-bond donors (Lipinski definition) is 1. The van der Waals surface area contributed by atoms with E-state index in [4.69, 9.17) is 4.74 Å². The summed E-state index contributed by atoms with van der Waals surface area (Å²) < 4.78 is 6.06. The first-order valence-corrected chi connectivity index (χ1v) is 9.69. The van der Waals surface area contributed by atoms with E-state index >= 15 is 0 Å². The van der Waals surface area contributed by atoms with E-state index in [0.29, 0.717) is 0 Å². The Labute approximate surface area is 161 Å². The molecule has 0 unspecified atom stereocenters. The Hall–Kier alpha value is -1.79. The average molecular weight is 421 g/mol. The van der Waals surface area contributed by atoms with Crippen molar-refractivity contribution in [3.05, 3.63) is 64.1 Å². The number of benzene rings is 2. The largest absolute Gasteiger partial charge is 0.496 e. The number of rotatable bonds is 7. The molecule has 1 atom stereocenters. The number of amides is 1. The van der Waals surface area contributed by atoms with Crippen molar-refractivity contribution >= 4 is 39.3 Å². The number of hydrogen-bond acceptors (Lipinski definition) is 4. The van der Waals surface area contributed by atoms with Crippen molar-refractivity contribution in [2.75, 3.05) is 7.11 Å². The fourth-order valence-electron chi connectivity index (χ4n) is 2.06. The number of hydrazone groups is 1. The highest BCUT2D eigenvalue weighted by atomic mass is 79.9. The minimum atomic E-state index is -0.181. The molecule has 0 spiro atoms. The van der Waals surface area contributed by atoms with Gasteiger partial charge in [0.15, 0.2) is 0 Å². The zero-order valence-electron chi connectivity index (χ0n) is 14.5. The van der Waals surface area contributed by atoms with E-state index in [0.717, 1.165) is 27.3 Å².